The summed E-state index contributed by atoms with van der Waals surface area (Å²) in [6.07, 6.45) is 3.47. The van der Waals surface area contributed by atoms with Gasteiger partial charge in [-0.25, -0.2) is 0 Å². The summed E-state index contributed by atoms with van der Waals surface area (Å²) in [5, 5.41) is 8.89. The summed E-state index contributed by atoms with van der Waals surface area (Å²) in [6.45, 7) is 7.19. The van der Waals surface area contributed by atoms with E-state index in [1.54, 1.807) is 43.4 Å². The fourth-order valence-electron chi connectivity index (χ4n) is 4.27. The van der Waals surface area contributed by atoms with Crippen LogP contribution in [0.3, 0.4) is 0 Å². The van der Waals surface area contributed by atoms with E-state index in [-0.39, 0.29) is 18.4 Å². The lowest BCUT2D eigenvalue weighted by Crippen LogP contribution is -2.58. The van der Waals surface area contributed by atoms with Crippen molar-refractivity contribution in [3.05, 3.63) is 83.1 Å². The molecule has 0 radical (unpaired) electrons. The predicted octanol–water partition coefficient (Wildman–Crippen LogP) is 2.85. The summed E-state index contributed by atoms with van der Waals surface area (Å²) < 4.78 is 0. The average molecular weight is 568 g/mol. The highest BCUT2D eigenvalue weighted by molar-refractivity contribution is 6.30. The van der Waals surface area contributed by atoms with Gasteiger partial charge in [0.2, 0.25) is 23.6 Å². The van der Waals surface area contributed by atoms with Gasteiger partial charge in [0.15, 0.2) is 0 Å². The zero-order valence-corrected chi connectivity index (χ0v) is 24.4. The molecule has 0 fully saturated rings. The van der Waals surface area contributed by atoms with Crippen molar-refractivity contribution in [1.82, 2.24) is 25.8 Å². The molecule has 9 nitrogen and oxygen atoms in total. The van der Waals surface area contributed by atoms with Crippen LogP contribution in [-0.4, -0.2) is 65.1 Å². The molecule has 0 unspecified atom stereocenters. The molecular formula is C30H38ClN5O4. The second-order valence-corrected chi connectivity index (χ2v) is 11.4. The highest BCUT2D eigenvalue weighted by atomic mass is 35.5. The summed E-state index contributed by atoms with van der Waals surface area (Å²) in [6, 6.07) is 14.6. The normalized spacial score (nSPS) is 16.9. The Morgan fingerprint density at radius 1 is 0.950 bits per heavy atom. The molecule has 1 aliphatic rings. The number of carbonyl (C=O) groups excluding carboxylic acids is 4. The van der Waals surface area contributed by atoms with Crippen molar-refractivity contribution in [2.45, 2.75) is 58.8 Å². The van der Waals surface area contributed by atoms with Gasteiger partial charge in [0, 0.05) is 23.8 Å². The lowest BCUT2D eigenvalue weighted by atomic mass is 9.86. The number of hydrogen-bond acceptors (Lipinski definition) is 5. The van der Waals surface area contributed by atoms with Gasteiger partial charge < -0.3 is 25.8 Å². The van der Waals surface area contributed by atoms with Crippen molar-refractivity contribution in [3.63, 3.8) is 0 Å². The molecule has 0 spiro atoms. The first-order valence-electron chi connectivity index (χ1n) is 13.2. The van der Waals surface area contributed by atoms with Gasteiger partial charge in [0.1, 0.15) is 12.1 Å². The molecule has 3 rings (SSSR count). The van der Waals surface area contributed by atoms with E-state index in [0.29, 0.717) is 18.0 Å². The third kappa shape index (κ3) is 8.16. The lowest BCUT2D eigenvalue weighted by molar-refractivity contribution is -0.144. The van der Waals surface area contributed by atoms with Crippen LogP contribution in [0.25, 0.3) is 0 Å². The van der Waals surface area contributed by atoms with Gasteiger partial charge in [-0.1, -0.05) is 74.8 Å². The number of amides is 4. The highest BCUT2D eigenvalue weighted by Gasteiger charge is 2.37. The van der Waals surface area contributed by atoms with Gasteiger partial charge in [-0.15, -0.1) is 0 Å². The average Bonchev–Trinajstić information content (AvgIpc) is 2.92. The highest BCUT2D eigenvalue weighted by Crippen LogP contribution is 2.22. The largest absolute Gasteiger partial charge is 0.345 e. The molecule has 3 N–H and O–H groups in total. The van der Waals surface area contributed by atoms with Gasteiger partial charge in [-0.3, -0.25) is 19.2 Å². The number of rotatable bonds is 10. The Labute approximate surface area is 240 Å². The summed E-state index contributed by atoms with van der Waals surface area (Å²) in [5.41, 5.74) is 1.20. The summed E-state index contributed by atoms with van der Waals surface area (Å²) >= 11 is 6.00. The molecule has 2 aromatic carbocycles. The molecular weight excluding hydrogens is 530 g/mol. The SMILES string of the molecule is CN[C@@H](C)C(=O)N[C@H](C(=O)NCC(=O)N1C=CN(Cc2ccc(Cl)cc2)C(=O)[C@@H]1Cc1ccccc1)C(C)(C)C. The Hall–Kier alpha value is -3.69. The minimum atomic E-state index is -0.864. The topological polar surface area (TPSA) is 111 Å². The van der Waals surface area contributed by atoms with Crippen LogP contribution >= 0.6 is 11.6 Å². The number of nitrogens with zero attached hydrogens (tertiary/aromatic N) is 2. The smallest absolute Gasteiger partial charge is 0.250 e. The molecule has 0 aromatic heterocycles. The molecule has 40 heavy (non-hydrogen) atoms. The molecule has 0 saturated carbocycles. The van der Waals surface area contributed by atoms with Gasteiger partial charge in [0.05, 0.1) is 19.1 Å². The third-order valence-electron chi connectivity index (χ3n) is 6.79. The molecule has 0 aliphatic carbocycles. The Morgan fingerprint density at radius 2 is 1.60 bits per heavy atom. The standard InChI is InChI=1S/C30H38ClN5O4/c1-20(32-5)27(38)34-26(30(2,3)4)28(39)33-18-25(37)36-16-15-35(19-22-11-13-23(31)14-12-22)29(40)24(36)17-21-9-7-6-8-10-21/h6-16,20,24,26,32H,17-19H2,1-5H3,(H,33,39)(H,34,38)/t20-,24-,26+/m0/s1. The van der Waals surface area contributed by atoms with Crippen molar-refractivity contribution in [2.24, 2.45) is 5.41 Å². The molecule has 2 aromatic rings. The number of hydrogen-bond donors (Lipinski definition) is 3. The number of benzene rings is 2. The Bertz CT molecular complexity index is 1230. The number of nitrogens with one attached hydrogen (secondary N) is 3. The monoisotopic (exact) mass is 567 g/mol. The lowest BCUT2D eigenvalue weighted by Gasteiger charge is -2.36. The van der Waals surface area contributed by atoms with Crippen LogP contribution in [0.1, 0.15) is 38.8 Å². The van der Waals surface area contributed by atoms with Crippen molar-refractivity contribution in [1.29, 1.82) is 0 Å². The third-order valence-corrected chi connectivity index (χ3v) is 7.04. The molecule has 214 valence electrons. The van der Waals surface area contributed by atoms with Crippen LogP contribution in [0.15, 0.2) is 67.0 Å². The Balaban J connectivity index is 1.76. The maximum Gasteiger partial charge on any atom is 0.250 e. The first-order valence-corrected chi connectivity index (χ1v) is 13.6. The number of likely N-dealkylation sites (N-methyl/N-ethyl adjacent to an activating group) is 1. The minimum Gasteiger partial charge on any atom is -0.345 e. The minimum absolute atomic E-state index is 0.234. The van der Waals surface area contributed by atoms with E-state index in [1.165, 1.54) is 4.90 Å². The molecule has 1 heterocycles. The summed E-state index contributed by atoms with van der Waals surface area (Å²) in [5.74, 6) is -1.47. The molecule has 3 atom stereocenters. The van der Waals surface area contributed by atoms with Gasteiger partial charge in [-0.2, -0.15) is 0 Å². The maximum atomic E-state index is 13.6. The van der Waals surface area contributed by atoms with Crippen LogP contribution in [-0.2, 0) is 32.1 Å². The van der Waals surface area contributed by atoms with Crippen LogP contribution in [0.5, 0.6) is 0 Å². The zero-order valence-electron chi connectivity index (χ0n) is 23.6. The van der Waals surface area contributed by atoms with Crippen molar-refractivity contribution in [2.75, 3.05) is 13.6 Å². The number of halogens is 1. The predicted molar refractivity (Wildman–Crippen MR) is 155 cm³/mol. The molecule has 0 bridgehead atoms. The van der Waals surface area contributed by atoms with E-state index >= 15 is 0 Å². The number of carbonyl (C=O) groups is 4. The summed E-state index contributed by atoms with van der Waals surface area (Å²) in [7, 11) is 1.66. The fourth-order valence-corrected chi connectivity index (χ4v) is 4.39. The maximum absolute atomic E-state index is 13.6. The first-order chi connectivity index (χ1) is 18.9. The van der Waals surface area contributed by atoms with E-state index in [2.05, 4.69) is 16.0 Å². The van der Waals surface area contributed by atoms with Crippen LogP contribution < -0.4 is 16.0 Å². The van der Waals surface area contributed by atoms with E-state index in [4.69, 9.17) is 11.6 Å². The van der Waals surface area contributed by atoms with E-state index in [1.807, 2.05) is 63.2 Å². The van der Waals surface area contributed by atoms with Crippen molar-refractivity contribution >= 4 is 35.2 Å². The fraction of sp³-hybridized carbons (Fsp3) is 0.400. The Kier molecular flexibility index (Phi) is 10.5. The molecule has 4 amide bonds. The van der Waals surface area contributed by atoms with E-state index in [0.717, 1.165) is 11.1 Å². The second kappa shape index (κ2) is 13.6. The van der Waals surface area contributed by atoms with E-state index < -0.39 is 35.4 Å². The van der Waals surface area contributed by atoms with Crippen LogP contribution in [0, 0.1) is 5.41 Å². The van der Waals surface area contributed by atoms with Crippen LogP contribution in [0.2, 0.25) is 5.02 Å². The van der Waals surface area contributed by atoms with Crippen molar-refractivity contribution in [3.8, 4) is 0 Å². The summed E-state index contributed by atoms with van der Waals surface area (Å²) in [4.78, 5) is 55.5. The van der Waals surface area contributed by atoms with E-state index in [9.17, 15) is 19.2 Å². The molecule has 1 aliphatic heterocycles. The van der Waals surface area contributed by atoms with Crippen LogP contribution in [0.4, 0.5) is 0 Å². The zero-order chi connectivity index (χ0) is 29.4. The quantitative estimate of drug-likeness (QED) is 0.409. The van der Waals surface area contributed by atoms with Crippen molar-refractivity contribution < 1.29 is 19.2 Å². The molecule has 0 saturated heterocycles. The van der Waals surface area contributed by atoms with Gasteiger partial charge >= 0.3 is 0 Å². The molecule has 10 heteroatoms. The Morgan fingerprint density at radius 3 is 2.20 bits per heavy atom. The second-order valence-electron chi connectivity index (χ2n) is 10.9. The van der Waals surface area contributed by atoms with Gasteiger partial charge in [0.25, 0.3) is 0 Å². The van der Waals surface area contributed by atoms with Gasteiger partial charge in [-0.05, 0) is 42.6 Å². The first kappa shape index (κ1) is 30.8.